The highest BCUT2D eigenvalue weighted by Crippen LogP contribution is 2.34. The van der Waals surface area contributed by atoms with Crippen molar-refractivity contribution in [2.45, 2.75) is 0 Å². The number of nitrogens with one attached hydrogen (secondary N) is 1. The van der Waals surface area contributed by atoms with Crippen molar-refractivity contribution >= 4 is 27.5 Å². The Labute approximate surface area is 101 Å². The Hall–Kier alpha value is -2.07. The molecule has 0 spiro atoms. The fraction of sp³-hybridized carbons (Fsp3) is 0. The van der Waals surface area contributed by atoms with E-state index in [1.54, 1.807) is 6.07 Å². The minimum atomic E-state index is -0.924. The van der Waals surface area contributed by atoms with E-state index in [1.165, 1.54) is 11.3 Å². The van der Waals surface area contributed by atoms with Crippen molar-refractivity contribution in [3.8, 4) is 11.1 Å². The summed E-state index contributed by atoms with van der Waals surface area (Å²) in [5.41, 5.74) is 2.42. The molecule has 4 heteroatoms. The van der Waals surface area contributed by atoms with Crippen molar-refractivity contribution in [2.24, 2.45) is 0 Å². The Morgan fingerprint density at radius 1 is 1.24 bits per heavy atom. The number of aromatic carboxylic acids is 1. The molecule has 0 atom stereocenters. The number of hydrogen-bond acceptors (Lipinski definition) is 2. The molecule has 0 radical (unpaired) electrons. The average Bonchev–Trinajstić information content (AvgIpc) is 2.89. The topological polar surface area (TPSA) is 53.1 Å². The molecule has 84 valence electrons. The Kier molecular flexibility index (Phi) is 2.23. The van der Waals surface area contributed by atoms with Crippen LogP contribution < -0.4 is 0 Å². The Morgan fingerprint density at radius 2 is 2.00 bits per heavy atom. The van der Waals surface area contributed by atoms with Gasteiger partial charge in [0.15, 0.2) is 0 Å². The summed E-state index contributed by atoms with van der Waals surface area (Å²) in [6.45, 7) is 0. The summed E-state index contributed by atoms with van der Waals surface area (Å²) in [6.07, 6.45) is 0. The molecule has 3 nitrogen and oxygen atoms in total. The fourth-order valence-corrected chi connectivity index (χ4v) is 2.83. The molecule has 0 amide bonds. The van der Waals surface area contributed by atoms with E-state index in [1.807, 2.05) is 35.7 Å². The van der Waals surface area contributed by atoms with Gasteiger partial charge in [-0.1, -0.05) is 30.3 Å². The van der Waals surface area contributed by atoms with Crippen LogP contribution in [-0.2, 0) is 0 Å². The van der Waals surface area contributed by atoms with Crippen LogP contribution in [0.25, 0.3) is 21.3 Å². The number of H-pyrrole nitrogens is 1. The molecule has 0 aliphatic carbocycles. The van der Waals surface area contributed by atoms with E-state index < -0.39 is 5.97 Å². The second-order valence-corrected chi connectivity index (χ2v) is 4.63. The van der Waals surface area contributed by atoms with Crippen LogP contribution in [0, 0.1) is 0 Å². The SMILES string of the molecule is O=C(O)c1cc2c(-c3ccccc3)csc2[nH]1. The molecule has 0 saturated carbocycles. The molecular weight excluding hydrogens is 234 g/mol. The number of aromatic nitrogens is 1. The lowest BCUT2D eigenvalue weighted by atomic mass is 10.1. The number of carbonyl (C=O) groups is 1. The number of carboxylic acids is 1. The van der Waals surface area contributed by atoms with Gasteiger partial charge in [-0.2, -0.15) is 0 Å². The molecule has 3 aromatic rings. The third-order valence-electron chi connectivity index (χ3n) is 2.68. The summed E-state index contributed by atoms with van der Waals surface area (Å²) in [6, 6.07) is 11.7. The third kappa shape index (κ3) is 1.62. The molecular formula is C13H9NO2S. The van der Waals surface area contributed by atoms with Gasteiger partial charge in [-0.05, 0) is 11.6 Å². The number of carboxylic acid groups (broad SMARTS) is 1. The van der Waals surface area contributed by atoms with E-state index in [0.717, 1.165) is 21.3 Å². The zero-order valence-electron chi connectivity index (χ0n) is 8.81. The Balaban J connectivity index is 2.21. The van der Waals surface area contributed by atoms with Gasteiger partial charge in [-0.25, -0.2) is 4.79 Å². The van der Waals surface area contributed by atoms with Crippen molar-refractivity contribution in [1.29, 1.82) is 0 Å². The standard InChI is InChI=1S/C13H9NO2S/c15-13(16)11-6-9-10(7-17-12(9)14-11)8-4-2-1-3-5-8/h1-7,14H,(H,15,16). The van der Waals surface area contributed by atoms with E-state index in [9.17, 15) is 4.79 Å². The van der Waals surface area contributed by atoms with Crippen LogP contribution in [0.4, 0.5) is 0 Å². The van der Waals surface area contributed by atoms with Gasteiger partial charge < -0.3 is 10.1 Å². The van der Waals surface area contributed by atoms with Crippen molar-refractivity contribution in [3.05, 3.63) is 47.5 Å². The van der Waals surface area contributed by atoms with Crippen LogP contribution in [0.2, 0.25) is 0 Å². The average molecular weight is 243 g/mol. The molecule has 0 fully saturated rings. The quantitative estimate of drug-likeness (QED) is 0.722. The summed E-state index contributed by atoms with van der Waals surface area (Å²) in [5.74, 6) is -0.924. The van der Waals surface area contributed by atoms with E-state index in [2.05, 4.69) is 4.98 Å². The summed E-state index contributed by atoms with van der Waals surface area (Å²) in [7, 11) is 0. The highest BCUT2D eigenvalue weighted by molar-refractivity contribution is 7.17. The number of aromatic amines is 1. The lowest BCUT2D eigenvalue weighted by molar-refractivity contribution is 0.0691. The van der Waals surface area contributed by atoms with E-state index in [0.29, 0.717) is 0 Å². The lowest BCUT2D eigenvalue weighted by Crippen LogP contribution is -1.94. The maximum atomic E-state index is 10.9. The maximum absolute atomic E-state index is 10.9. The van der Waals surface area contributed by atoms with Gasteiger partial charge in [0, 0.05) is 16.3 Å². The minimum Gasteiger partial charge on any atom is -0.477 e. The van der Waals surface area contributed by atoms with Crippen LogP contribution in [0.3, 0.4) is 0 Å². The molecule has 0 bridgehead atoms. The highest BCUT2D eigenvalue weighted by Gasteiger charge is 2.12. The molecule has 17 heavy (non-hydrogen) atoms. The second kappa shape index (κ2) is 3.75. The first kappa shape index (κ1) is 10.1. The summed E-state index contributed by atoms with van der Waals surface area (Å²) < 4.78 is 0. The van der Waals surface area contributed by atoms with Gasteiger partial charge in [0.1, 0.15) is 10.5 Å². The van der Waals surface area contributed by atoms with Crippen molar-refractivity contribution in [2.75, 3.05) is 0 Å². The minimum absolute atomic E-state index is 0.240. The largest absolute Gasteiger partial charge is 0.477 e. The number of hydrogen-bond donors (Lipinski definition) is 2. The van der Waals surface area contributed by atoms with Crippen molar-refractivity contribution in [3.63, 3.8) is 0 Å². The van der Waals surface area contributed by atoms with Gasteiger partial charge in [-0.15, -0.1) is 11.3 Å². The van der Waals surface area contributed by atoms with Gasteiger partial charge in [0.2, 0.25) is 0 Å². The molecule has 2 N–H and O–H groups in total. The van der Waals surface area contributed by atoms with Crippen LogP contribution in [0.5, 0.6) is 0 Å². The monoisotopic (exact) mass is 243 g/mol. The third-order valence-corrected chi connectivity index (χ3v) is 3.59. The number of rotatable bonds is 2. The first-order valence-electron chi connectivity index (χ1n) is 5.14. The molecule has 0 unspecified atom stereocenters. The van der Waals surface area contributed by atoms with E-state index in [-0.39, 0.29) is 5.69 Å². The van der Waals surface area contributed by atoms with E-state index >= 15 is 0 Å². The predicted octanol–water partition coefficient (Wildman–Crippen LogP) is 3.59. The zero-order chi connectivity index (χ0) is 11.8. The maximum Gasteiger partial charge on any atom is 0.352 e. The Morgan fingerprint density at radius 3 is 2.71 bits per heavy atom. The second-order valence-electron chi connectivity index (χ2n) is 3.75. The Bertz CT molecular complexity index is 682. The van der Waals surface area contributed by atoms with E-state index in [4.69, 9.17) is 5.11 Å². The van der Waals surface area contributed by atoms with Gasteiger partial charge in [-0.3, -0.25) is 0 Å². The predicted molar refractivity (Wildman–Crippen MR) is 68.6 cm³/mol. The molecule has 0 aliphatic heterocycles. The molecule has 2 heterocycles. The van der Waals surface area contributed by atoms with Crippen molar-refractivity contribution < 1.29 is 9.90 Å². The lowest BCUT2D eigenvalue weighted by Gasteiger charge is -1.96. The van der Waals surface area contributed by atoms with Crippen LogP contribution in [0.1, 0.15) is 10.5 Å². The van der Waals surface area contributed by atoms with Gasteiger partial charge >= 0.3 is 5.97 Å². The molecule has 0 aliphatic rings. The first-order chi connectivity index (χ1) is 8.25. The fourth-order valence-electron chi connectivity index (χ4n) is 1.87. The van der Waals surface area contributed by atoms with Crippen LogP contribution in [-0.4, -0.2) is 16.1 Å². The van der Waals surface area contributed by atoms with Gasteiger partial charge in [0.05, 0.1) is 0 Å². The summed E-state index contributed by atoms with van der Waals surface area (Å²) >= 11 is 1.53. The summed E-state index contributed by atoms with van der Waals surface area (Å²) in [4.78, 5) is 14.7. The molecule has 2 aromatic heterocycles. The van der Waals surface area contributed by atoms with Crippen LogP contribution >= 0.6 is 11.3 Å². The number of benzene rings is 1. The van der Waals surface area contributed by atoms with Crippen molar-refractivity contribution in [1.82, 2.24) is 4.98 Å². The number of fused-ring (bicyclic) bond motifs is 1. The zero-order valence-corrected chi connectivity index (χ0v) is 9.62. The normalized spacial score (nSPS) is 10.8. The van der Waals surface area contributed by atoms with Gasteiger partial charge in [0.25, 0.3) is 0 Å². The summed E-state index contributed by atoms with van der Waals surface area (Å²) in [5, 5.41) is 12.0. The van der Waals surface area contributed by atoms with Crippen LogP contribution in [0.15, 0.2) is 41.8 Å². The smallest absolute Gasteiger partial charge is 0.352 e. The molecule has 1 aromatic carbocycles. The molecule has 0 saturated heterocycles. The first-order valence-corrected chi connectivity index (χ1v) is 6.02. The molecule has 3 rings (SSSR count). The number of thiophene rings is 1. The highest BCUT2D eigenvalue weighted by atomic mass is 32.1.